The van der Waals surface area contributed by atoms with Crippen LogP contribution in [0.2, 0.25) is 0 Å². The smallest absolute Gasteiger partial charge is 0.159 e. The molecule has 0 fully saturated rings. The predicted molar refractivity (Wildman–Crippen MR) is 146 cm³/mol. The second kappa shape index (κ2) is 9.01. The van der Waals surface area contributed by atoms with Gasteiger partial charge in [-0.2, -0.15) is 5.10 Å². The summed E-state index contributed by atoms with van der Waals surface area (Å²) in [5.74, 6) is 0.681. The number of imidazole rings is 1. The van der Waals surface area contributed by atoms with Crippen molar-refractivity contribution < 1.29 is 0 Å². The molecule has 0 spiro atoms. The van der Waals surface area contributed by atoms with Gasteiger partial charge in [-0.05, 0) is 37.6 Å². The molecule has 0 saturated carbocycles. The van der Waals surface area contributed by atoms with Crippen molar-refractivity contribution in [3.8, 4) is 33.2 Å². The number of fused-ring (bicyclic) bond motifs is 2. The first-order valence-corrected chi connectivity index (χ1v) is 12.6. The Morgan fingerprint density at radius 3 is 2.78 bits per heavy atom. The van der Waals surface area contributed by atoms with Gasteiger partial charge in [-0.1, -0.05) is 19.9 Å². The van der Waals surface area contributed by atoms with Crippen molar-refractivity contribution in [2.75, 3.05) is 5.32 Å². The first-order valence-electron chi connectivity index (χ1n) is 11.7. The topological polar surface area (TPSA) is 108 Å². The van der Waals surface area contributed by atoms with E-state index >= 15 is 0 Å². The van der Waals surface area contributed by atoms with E-state index in [0.717, 1.165) is 73.6 Å². The second-order valence-electron chi connectivity index (χ2n) is 8.71. The Hall–Kier alpha value is -4.37. The third-order valence-electron chi connectivity index (χ3n) is 5.98. The van der Waals surface area contributed by atoms with E-state index in [9.17, 15) is 0 Å². The zero-order valence-electron chi connectivity index (χ0n) is 20.0. The third kappa shape index (κ3) is 4.03. The number of aromatic amines is 2. The number of thiophene rings is 1. The summed E-state index contributed by atoms with van der Waals surface area (Å²) in [7, 11) is 0. The van der Waals surface area contributed by atoms with Crippen LogP contribution in [0.15, 0.2) is 67.5 Å². The third-order valence-corrected chi connectivity index (χ3v) is 7.01. The molecule has 0 radical (unpaired) electrons. The first kappa shape index (κ1) is 22.1. The lowest BCUT2D eigenvalue weighted by Crippen LogP contribution is -1.98. The summed E-state index contributed by atoms with van der Waals surface area (Å²) in [6.45, 7) is 8.31. The molecule has 6 heterocycles. The highest BCUT2D eigenvalue weighted by Gasteiger charge is 2.17. The summed E-state index contributed by atoms with van der Waals surface area (Å²) in [6, 6.07) is 8.27. The minimum atomic E-state index is 0.681. The van der Waals surface area contributed by atoms with Crippen LogP contribution in [0.3, 0.4) is 0 Å². The molecule has 178 valence electrons. The minimum absolute atomic E-state index is 0.681. The van der Waals surface area contributed by atoms with Crippen molar-refractivity contribution in [2.24, 2.45) is 0 Å². The molecule has 0 aliphatic carbocycles. The number of anilines is 1. The molecule has 6 aromatic rings. The van der Waals surface area contributed by atoms with Crippen molar-refractivity contribution in [1.29, 1.82) is 0 Å². The molecule has 0 unspecified atom stereocenters. The lowest BCUT2D eigenvalue weighted by atomic mass is 10.1. The molecule has 36 heavy (non-hydrogen) atoms. The molecule has 9 heteroatoms. The molecule has 0 bridgehead atoms. The van der Waals surface area contributed by atoms with E-state index in [1.54, 1.807) is 29.9 Å². The van der Waals surface area contributed by atoms with Crippen LogP contribution in [-0.4, -0.2) is 35.1 Å². The minimum Gasteiger partial charge on any atom is -0.358 e. The Labute approximate surface area is 211 Å². The Morgan fingerprint density at radius 1 is 1.06 bits per heavy atom. The van der Waals surface area contributed by atoms with E-state index in [1.807, 2.05) is 24.5 Å². The van der Waals surface area contributed by atoms with Gasteiger partial charge in [0.15, 0.2) is 5.82 Å². The molecular formula is C27H24N8S. The SMILES string of the molecule is C=C(CCC)Nc1cncc(-c2cc3c(-c4nc5c(-c6ccc(C)s6)cncc5[nH]4)n[nH]c3cn2)c1. The van der Waals surface area contributed by atoms with Crippen LogP contribution in [0.4, 0.5) is 5.69 Å². The van der Waals surface area contributed by atoms with Crippen molar-refractivity contribution in [3.05, 3.63) is 72.4 Å². The number of H-pyrrole nitrogens is 2. The highest BCUT2D eigenvalue weighted by Crippen LogP contribution is 2.34. The van der Waals surface area contributed by atoms with Gasteiger partial charge in [-0.3, -0.25) is 20.1 Å². The summed E-state index contributed by atoms with van der Waals surface area (Å²) < 4.78 is 0. The monoisotopic (exact) mass is 492 g/mol. The van der Waals surface area contributed by atoms with Gasteiger partial charge in [0.25, 0.3) is 0 Å². The van der Waals surface area contributed by atoms with Gasteiger partial charge in [0.2, 0.25) is 0 Å². The Balaban J connectivity index is 1.40. The van der Waals surface area contributed by atoms with Gasteiger partial charge in [0.05, 0.1) is 41.0 Å². The van der Waals surface area contributed by atoms with E-state index in [2.05, 4.69) is 68.0 Å². The van der Waals surface area contributed by atoms with E-state index in [4.69, 9.17) is 4.98 Å². The number of aryl methyl sites for hydroxylation is 1. The highest BCUT2D eigenvalue weighted by atomic mass is 32.1. The number of pyridine rings is 3. The molecule has 0 amide bonds. The largest absolute Gasteiger partial charge is 0.358 e. The Kier molecular flexibility index (Phi) is 5.54. The van der Waals surface area contributed by atoms with Crippen LogP contribution in [0.1, 0.15) is 24.6 Å². The predicted octanol–water partition coefficient (Wildman–Crippen LogP) is 6.72. The lowest BCUT2D eigenvalue weighted by molar-refractivity contribution is 0.913. The van der Waals surface area contributed by atoms with Crippen molar-refractivity contribution >= 4 is 39.0 Å². The summed E-state index contributed by atoms with van der Waals surface area (Å²) in [5.41, 5.74) is 7.89. The zero-order valence-corrected chi connectivity index (χ0v) is 20.8. The molecule has 0 aliphatic heterocycles. The van der Waals surface area contributed by atoms with E-state index < -0.39 is 0 Å². The van der Waals surface area contributed by atoms with Crippen LogP contribution in [0.25, 0.3) is 55.2 Å². The number of hydrogen-bond acceptors (Lipinski definition) is 7. The molecule has 0 saturated heterocycles. The summed E-state index contributed by atoms with van der Waals surface area (Å²) >= 11 is 1.73. The fraction of sp³-hybridized carbons (Fsp3) is 0.148. The molecule has 6 aromatic heterocycles. The molecule has 6 rings (SSSR count). The van der Waals surface area contributed by atoms with Crippen molar-refractivity contribution in [1.82, 2.24) is 35.1 Å². The van der Waals surface area contributed by atoms with Gasteiger partial charge in [0.1, 0.15) is 11.2 Å². The van der Waals surface area contributed by atoms with Crippen LogP contribution < -0.4 is 5.32 Å². The molecular weight excluding hydrogens is 468 g/mol. The second-order valence-corrected chi connectivity index (χ2v) is 10.00. The maximum atomic E-state index is 4.93. The van der Waals surface area contributed by atoms with Gasteiger partial charge < -0.3 is 10.3 Å². The van der Waals surface area contributed by atoms with Crippen LogP contribution >= 0.6 is 11.3 Å². The Morgan fingerprint density at radius 2 is 1.94 bits per heavy atom. The number of nitrogens with one attached hydrogen (secondary N) is 3. The van der Waals surface area contributed by atoms with Crippen molar-refractivity contribution in [3.63, 3.8) is 0 Å². The average molecular weight is 493 g/mol. The average Bonchev–Trinajstić information content (AvgIpc) is 3.61. The normalized spacial score (nSPS) is 11.4. The van der Waals surface area contributed by atoms with Crippen LogP contribution in [0.5, 0.6) is 0 Å². The zero-order chi connectivity index (χ0) is 24.6. The van der Waals surface area contributed by atoms with Gasteiger partial charge in [0, 0.05) is 44.4 Å². The fourth-order valence-electron chi connectivity index (χ4n) is 4.28. The number of allylic oxidation sites excluding steroid dienone is 1. The number of nitrogens with zero attached hydrogens (tertiary/aromatic N) is 5. The number of hydrogen-bond donors (Lipinski definition) is 3. The lowest BCUT2D eigenvalue weighted by Gasteiger charge is -2.09. The molecule has 0 atom stereocenters. The molecule has 0 aromatic carbocycles. The summed E-state index contributed by atoms with van der Waals surface area (Å²) in [4.78, 5) is 24.2. The van der Waals surface area contributed by atoms with E-state index in [1.165, 1.54) is 4.88 Å². The summed E-state index contributed by atoms with van der Waals surface area (Å²) in [6.07, 6.45) is 11.0. The molecule has 8 nitrogen and oxygen atoms in total. The van der Waals surface area contributed by atoms with Crippen molar-refractivity contribution in [2.45, 2.75) is 26.7 Å². The van der Waals surface area contributed by atoms with Crippen LogP contribution in [0, 0.1) is 6.92 Å². The van der Waals surface area contributed by atoms with Gasteiger partial charge >= 0.3 is 0 Å². The fourth-order valence-corrected chi connectivity index (χ4v) is 5.15. The molecule has 3 N–H and O–H groups in total. The maximum Gasteiger partial charge on any atom is 0.159 e. The number of aromatic nitrogens is 7. The standard InChI is InChI=1S/C27H24N8S/c1-4-5-15(2)31-18-8-17(10-28-11-18)21-9-19-22(14-30-21)34-35-26(19)27-32-23-13-29-12-20(25(23)33-27)24-7-6-16(3)36-24/h6-14,31H,2,4-5H2,1,3H3,(H,32,33)(H,34,35). The highest BCUT2D eigenvalue weighted by molar-refractivity contribution is 7.15. The first-order chi connectivity index (χ1) is 17.6. The van der Waals surface area contributed by atoms with Gasteiger partial charge in [-0.15, -0.1) is 11.3 Å². The van der Waals surface area contributed by atoms with Crippen LogP contribution in [-0.2, 0) is 0 Å². The number of rotatable bonds is 7. The Bertz CT molecular complexity index is 1720. The molecule has 0 aliphatic rings. The van der Waals surface area contributed by atoms with Gasteiger partial charge in [-0.25, -0.2) is 4.98 Å². The summed E-state index contributed by atoms with van der Waals surface area (Å²) in [5, 5.41) is 11.9. The van der Waals surface area contributed by atoms with E-state index in [-0.39, 0.29) is 0 Å². The maximum absolute atomic E-state index is 4.93. The quantitative estimate of drug-likeness (QED) is 0.228. The van der Waals surface area contributed by atoms with E-state index in [0.29, 0.717) is 5.82 Å².